The number of carbonyl (C=O) groups excluding carboxylic acids is 1. The van der Waals surface area contributed by atoms with Crippen LogP contribution in [-0.4, -0.2) is 33.0 Å². The van der Waals surface area contributed by atoms with E-state index < -0.39 is 17.4 Å². The minimum atomic E-state index is -0.869. The number of phenolic OH excluding ortho intramolecular Hbond substituents is 2. The maximum atomic E-state index is 13.6. The largest absolute Gasteiger partial charge is 0.507 e. The van der Waals surface area contributed by atoms with E-state index in [4.69, 9.17) is 9.15 Å². The third-order valence-electron chi connectivity index (χ3n) is 6.16. The zero-order valence-corrected chi connectivity index (χ0v) is 20.0. The van der Waals surface area contributed by atoms with Crippen LogP contribution in [0, 0.1) is 6.92 Å². The first-order chi connectivity index (χ1) is 17.3. The van der Waals surface area contributed by atoms with Gasteiger partial charge in [0.15, 0.2) is 11.5 Å². The highest BCUT2D eigenvalue weighted by atomic mass is 16.5. The Morgan fingerprint density at radius 3 is 2.42 bits per heavy atom. The number of nitrogens with zero attached hydrogens (tertiary/aromatic N) is 1. The van der Waals surface area contributed by atoms with Crippen LogP contribution in [0.2, 0.25) is 0 Å². The fourth-order valence-corrected chi connectivity index (χ4v) is 4.23. The van der Waals surface area contributed by atoms with Crippen LogP contribution in [0.4, 0.5) is 0 Å². The number of aromatic nitrogens is 1. The van der Waals surface area contributed by atoms with Gasteiger partial charge in [-0.05, 0) is 49.2 Å². The lowest BCUT2D eigenvalue weighted by Crippen LogP contribution is -2.29. The van der Waals surface area contributed by atoms with E-state index in [-0.39, 0.29) is 35.8 Å². The second-order valence-electron chi connectivity index (χ2n) is 8.52. The number of hydrogen-bond acceptors (Lipinski definition) is 7. The lowest BCUT2D eigenvalue weighted by Gasteiger charge is -2.19. The number of rotatable bonds is 8. The Bertz CT molecular complexity index is 1440. The molecule has 0 saturated carbocycles. The minimum absolute atomic E-state index is 0.0357. The first kappa shape index (κ1) is 24.7. The molecule has 4 rings (SSSR count). The summed E-state index contributed by atoms with van der Waals surface area (Å²) in [6, 6.07) is 18.8. The fraction of sp³-hybridized carbons (Fsp3) is 0.214. The van der Waals surface area contributed by atoms with E-state index in [0.29, 0.717) is 23.6 Å². The van der Waals surface area contributed by atoms with E-state index in [9.17, 15) is 24.9 Å². The SMILES string of the molecule is COC(=O)C[C@@H](c1ccc(-c2ccccc2)o1)c1c(O)cc(C)n(CCc2ccc(O)c(O)c2)c1=O. The normalized spacial score (nSPS) is 11.8. The molecule has 8 heteroatoms. The summed E-state index contributed by atoms with van der Waals surface area (Å²) in [5.41, 5.74) is 1.67. The van der Waals surface area contributed by atoms with Gasteiger partial charge in [0.05, 0.1) is 25.0 Å². The first-order valence-electron chi connectivity index (χ1n) is 11.4. The number of benzene rings is 2. The second-order valence-corrected chi connectivity index (χ2v) is 8.52. The fourth-order valence-electron chi connectivity index (χ4n) is 4.23. The predicted octanol–water partition coefficient (Wildman–Crippen LogP) is 4.47. The number of aryl methyl sites for hydroxylation is 2. The van der Waals surface area contributed by atoms with Crippen molar-refractivity contribution in [3.05, 3.63) is 99.7 Å². The number of phenols is 2. The molecular weight excluding hydrogens is 462 g/mol. The third-order valence-corrected chi connectivity index (χ3v) is 6.16. The number of aromatic hydroxyl groups is 3. The highest BCUT2D eigenvalue weighted by Gasteiger charge is 2.29. The van der Waals surface area contributed by atoms with Crippen LogP contribution in [-0.2, 0) is 22.5 Å². The van der Waals surface area contributed by atoms with E-state index in [1.807, 2.05) is 30.3 Å². The molecule has 1 atom stereocenters. The summed E-state index contributed by atoms with van der Waals surface area (Å²) in [6.45, 7) is 1.95. The zero-order valence-electron chi connectivity index (χ0n) is 20.0. The minimum Gasteiger partial charge on any atom is -0.507 e. The van der Waals surface area contributed by atoms with Crippen molar-refractivity contribution in [2.24, 2.45) is 0 Å². The number of furan rings is 1. The molecule has 0 aliphatic heterocycles. The van der Waals surface area contributed by atoms with Gasteiger partial charge >= 0.3 is 5.97 Å². The van der Waals surface area contributed by atoms with Crippen LogP contribution in [0.1, 0.15) is 34.9 Å². The lowest BCUT2D eigenvalue weighted by molar-refractivity contribution is -0.140. The molecule has 0 fully saturated rings. The van der Waals surface area contributed by atoms with Gasteiger partial charge in [-0.15, -0.1) is 0 Å². The Kier molecular flexibility index (Phi) is 7.15. The molecular formula is C28H27NO7. The van der Waals surface area contributed by atoms with Gasteiger partial charge in [-0.3, -0.25) is 9.59 Å². The quantitative estimate of drug-likeness (QED) is 0.247. The number of pyridine rings is 1. The molecule has 186 valence electrons. The third kappa shape index (κ3) is 5.12. The van der Waals surface area contributed by atoms with Crippen LogP contribution in [0.5, 0.6) is 17.2 Å². The van der Waals surface area contributed by atoms with Crippen molar-refractivity contribution in [3.8, 4) is 28.6 Å². The molecule has 0 aliphatic rings. The van der Waals surface area contributed by atoms with Crippen LogP contribution in [0.3, 0.4) is 0 Å². The average Bonchev–Trinajstić information content (AvgIpc) is 3.36. The van der Waals surface area contributed by atoms with Crippen LogP contribution in [0.15, 0.2) is 75.9 Å². The zero-order chi connectivity index (χ0) is 25.8. The van der Waals surface area contributed by atoms with Crippen molar-refractivity contribution in [2.45, 2.75) is 32.2 Å². The number of hydrogen-bond donors (Lipinski definition) is 3. The van der Waals surface area contributed by atoms with Gasteiger partial charge in [-0.1, -0.05) is 36.4 Å². The summed E-state index contributed by atoms with van der Waals surface area (Å²) in [5, 5.41) is 30.1. The van der Waals surface area contributed by atoms with Gasteiger partial charge in [-0.2, -0.15) is 0 Å². The number of esters is 1. The van der Waals surface area contributed by atoms with Crippen LogP contribution >= 0.6 is 0 Å². The van der Waals surface area contributed by atoms with Gasteiger partial charge in [0.25, 0.3) is 5.56 Å². The van der Waals surface area contributed by atoms with Crippen LogP contribution < -0.4 is 5.56 Å². The Labute approximate surface area is 207 Å². The topological polar surface area (TPSA) is 122 Å². The summed E-state index contributed by atoms with van der Waals surface area (Å²) in [4.78, 5) is 25.9. The highest BCUT2D eigenvalue weighted by Crippen LogP contribution is 2.35. The van der Waals surface area contributed by atoms with E-state index in [1.54, 1.807) is 25.1 Å². The summed E-state index contributed by atoms with van der Waals surface area (Å²) in [7, 11) is 1.26. The molecule has 0 radical (unpaired) electrons. The molecule has 0 bridgehead atoms. The predicted molar refractivity (Wildman–Crippen MR) is 133 cm³/mol. The van der Waals surface area contributed by atoms with Crippen molar-refractivity contribution in [2.75, 3.05) is 7.11 Å². The molecule has 8 nitrogen and oxygen atoms in total. The molecule has 3 N–H and O–H groups in total. The maximum Gasteiger partial charge on any atom is 0.306 e. The summed E-state index contributed by atoms with van der Waals surface area (Å²) in [5.74, 6) is -1.20. The number of ether oxygens (including phenoxy) is 1. The summed E-state index contributed by atoms with van der Waals surface area (Å²) < 4.78 is 12.4. The number of carbonyl (C=O) groups is 1. The van der Waals surface area contributed by atoms with Gasteiger partial charge in [-0.25, -0.2) is 0 Å². The van der Waals surface area contributed by atoms with Crippen molar-refractivity contribution >= 4 is 5.97 Å². The number of methoxy groups -OCH3 is 1. The van der Waals surface area contributed by atoms with Crippen molar-refractivity contribution in [3.63, 3.8) is 0 Å². The average molecular weight is 490 g/mol. The monoisotopic (exact) mass is 489 g/mol. The van der Waals surface area contributed by atoms with Crippen molar-refractivity contribution in [1.29, 1.82) is 0 Å². The lowest BCUT2D eigenvalue weighted by atomic mass is 9.93. The van der Waals surface area contributed by atoms with Gasteiger partial charge in [0.2, 0.25) is 0 Å². The van der Waals surface area contributed by atoms with Crippen molar-refractivity contribution < 1.29 is 29.3 Å². The maximum absolute atomic E-state index is 13.6. The van der Waals surface area contributed by atoms with Crippen LogP contribution in [0.25, 0.3) is 11.3 Å². The van der Waals surface area contributed by atoms with E-state index in [2.05, 4.69) is 0 Å². The molecule has 0 spiro atoms. The Morgan fingerprint density at radius 1 is 0.972 bits per heavy atom. The van der Waals surface area contributed by atoms with Crippen molar-refractivity contribution in [1.82, 2.24) is 4.57 Å². The standard InChI is InChI=1S/C28H27NO7/c1-17-14-23(32)27(28(34)29(17)13-12-18-8-9-21(30)22(31)15-18)20(16-26(33)35-2)25-11-10-24(36-25)19-6-4-3-5-7-19/h3-11,14-15,20,30-32H,12-13,16H2,1-2H3/t20-/m0/s1. The van der Waals surface area contributed by atoms with E-state index in [0.717, 1.165) is 11.1 Å². The van der Waals surface area contributed by atoms with E-state index >= 15 is 0 Å². The second kappa shape index (κ2) is 10.4. The molecule has 0 amide bonds. The molecule has 2 aromatic heterocycles. The smallest absolute Gasteiger partial charge is 0.306 e. The van der Waals surface area contributed by atoms with Gasteiger partial charge in [0.1, 0.15) is 17.3 Å². The Hall–Kier alpha value is -4.46. The van der Waals surface area contributed by atoms with E-state index in [1.165, 1.54) is 29.9 Å². The molecule has 4 aromatic rings. The molecule has 2 aromatic carbocycles. The molecule has 36 heavy (non-hydrogen) atoms. The summed E-state index contributed by atoms with van der Waals surface area (Å²) in [6.07, 6.45) is 0.190. The highest BCUT2D eigenvalue weighted by molar-refractivity contribution is 5.71. The molecule has 0 saturated heterocycles. The molecule has 0 aliphatic carbocycles. The first-order valence-corrected chi connectivity index (χ1v) is 11.4. The molecule has 2 heterocycles. The Morgan fingerprint density at radius 2 is 1.72 bits per heavy atom. The van der Waals surface area contributed by atoms with Gasteiger partial charge < -0.3 is 29.0 Å². The summed E-state index contributed by atoms with van der Waals surface area (Å²) >= 11 is 0. The van der Waals surface area contributed by atoms with Gasteiger partial charge in [0, 0.05) is 17.8 Å². The Balaban J connectivity index is 1.73. The molecule has 0 unspecified atom stereocenters.